The maximum Gasteiger partial charge on any atom is 0.115 e. The van der Waals surface area contributed by atoms with Crippen molar-refractivity contribution in [2.45, 2.75) is 32.7 Å². The molecule has 0 bridgehead atoms. The molecule has 1 heterocycles. The fraction of sp³-hybridized carbons (Fsp3) is 0.600. The summed E-state index contributed by atoms with van der Waals surface area (Å²) in [6, 6.07) is 7.72. The SMILES string of the molecule is CC(NCC1(C)CCOCC1)c1cccc(O)c1. The minimum absolute atomic E-state index is 0.261. The van der Waals surface area contributed by atoms with Crippen LogP contribution < -0.4 is 5.32 Å². The van der Waals surface area contributed by atoms with E-state index in [1.807, 2.05) is 18.2 Å². The molecule has 100 valence electrons. The molecule has 0 aliphatic carbocycles. The molecule has 1 saturated heterocycles. The van der Waals surface area contributed by atoms with E-state index >= 15 is 0 Å². The molecule has 1 unspecified atom stereocenters. The van der Waals surface area contributed by atoms with E-state index in [0.717, 1.165) is 38.2 Å². The second-order valence-electron chi connectivity index (χ2n) is 5.62. The minimum Gasteiger partial charge on any atom is -0.508 e. The van der Waals surface area contributed by atoms with Crippen molar-refractivity contribution in [2.75, 3.05) is 19.8 Å². The average Bonchev–Trinajstić information content (AvgIpc) is 2.37. The normalized spacial score (nSPS) is 20.6. The third-order valence-corrected chi connectivity index (χ3v) is 3.91. The molecule has 1 fully saturated rings. The summed E-state index contributed by atoms with van der Waals surface area (Å²) < 4.78 is 5.41. The van der Waals surface area contributed by atoms with Gasteiger partial charge in [-0.3, -0.25) is 0 Å². The highest BCUT2D eigenvalue weighted by molar-refractivity contribution is 5.29. The fourth-order valence-corrected chi connectivity index (χ4v) is 2.35. The second-order valence-corrected chi connectivity index (χ2v) is 5.62. The summed E-state index contributed by atoms with van der Waals surface area (Å²) >= 11 is 0. The predicted molar refractivity (Wildman–Crippen MR) is 72.7 cm³/mol. The van der Waals surface area contributed by atoms with Crippen LogP contribution in [-0.2, 0) is 4.74 Å². The summed E-state index contributed by atoms with van der Waals surface area (Å²) in [6.07, 6.45) is 2.24. The van der Waals surface area contributed by atoms with Gasteiger partial charge in [0, 0.05) is 25.8 Å². The van der Waals surface area contributed by atoms with Crippen LogP contribution in [0, 0.1) is 5.41 Å². The molecule has 1 atom stereocenters. The standard InChI is InChI=1S/C15H23NO2/c1-12(13-4-3-5-14(17)10-13)16-11-15(2)6-8-18-9-7-15/h3-5,10,12,16-17H,6-9,11H2,1-2H3. The zero-order chi connectivity index (χ0) is 13.0. The Hall–Kier alpha value is -1.06. The number of hydrogen-bond donors (Lipinski definition) is 2. The zero-order valence-corrected chi connectivity index (χ0v) is 11.3. The van der Waals surface area contributed by atoms with Gasteiger partial charge in [-0.25, -0.2) is 0 Å². The molecule has 2 rings (SSSR count). The van der Waals surface area contributed by atoms with Gasteiger partial charge in [0.1, 0.15) is 5.75 Å². The van der Waals surface area contributed by atoms with Crippen molar-refractivity contribution >= 4 is 0 Å². The van der Waals surface area contributed by atoms with Crippen LogP contribution in [0.4, 0.5) is 0 Å². The van der Waals surface area contributed by atoms with Gasteiger partial charge >= 0.3 is 0 Å². The summed E-state index contributed by atoms with van der Waals surface area (Å²) in [5, 5.41) is 13.1. The van der Waals surface area contributed by atoms with E-state index < -0.39 is 0 Å². The van der Waals surface area contributed by atoms with Crippen LogP contribution in [0.2, 0.25) is 0 Å². The third kappa shape index (κ3) is 3.47. The van der Waals surface area contributed by atoms with Gasteiger partial charge in [0.2, 0.25) is 0 Å². The van der Waals surface area contributed by atoms with Crippen molar-refractivity contribution in [3.05, 3.63) is 29.8 Å². The summed E-state index contributed by atoms with van der Waals surface area (Å²) in [7, 11) is 0. The van der Waals surface area contributed by atoms with Crippen molar-refractivity contribution in [1.82, 2.24) is 5.32 Å². The lowest BCUT2D eigenvalue weighted by Crippen LogP contribution is -2.37. The number of phenols is 1. The molecule has 18 heavy (non-hydrogen) atoms. The van der Waals surface area contributed by atoms with Gasteiger partial charge in [0.05, 0.1) is 0 Å². The minimum atomic E-state index is 0.261. The maximum atomic E-state index is 9.49. The first-order chi connectivity index (χ1) is 8.59. The molecule has 3 heteroatoms. The Morgan fingerprint density at radius 3 is 2.78 bits per heavy atom. The molecule has 0 amide bonds. The Kier molecular flexibility index (Phi) is 4.25. The Balaban J connectivity index is 1.89. The number of hydrogen-bond acceptors (Lipinski definition) is 3. The summed E-state index contributed by atoms with van der Waals surface area (Å²) in [4.78, 5) is 0. The van der Waals surface area contributed by atoms with Gasteiger partial charge in [-0.05, 0) is 42.9 Å². The van der Waals surface area contributed by atoms with Crippen LogP contribution >= 0.6 is 0 Å². The quantitative estimate of drug-likeness (QED) is 0.862. The number of nitrogens with one attached hydrogen (secondary N) is 1. The fourth-order valence-electron chi connectivity index (χ4n) is 2.35. The largest absolute Gasteiger partial charge is 0.508 e. The van der Waals surface area contributed by atoms with Crippen LogP contribution in [-0.4, -0.2) is 24.9 Å². The van der Waals surface area contributed by atoms with Crippen molar-refractivity contribution < 1.29 is 9.84 Å². The van der Waals surface area contributed by atoms with Crippen molar-refractivity contribution in [3.63, 3.8) is 0 Å². The van der Waals surface area contributed by atoms with Crippen molar-refractivity contribution in [2.24, 2.45) is 5.41 Å². The van der Waals surface area contributed by atoms with Gasteiger partial charge in [0.15, 0.2) is 0 Å². The monoisotopic (exact) mass is 249 g/mol. The number of aromatic hydroxyl groups is 1. The van der Waals surface area contributed by atoms with Gasteiger partial charge in [0.25, 0.3) is 0 Å². The molecular weight excluding hydrogens is 226 g/mol. The highest BCUT2D eigenvalue weighted by Crippen LogP contribution is 2.29. The van der Waals surface area contributed by atoms with E-state index in [4.69, 9.17) is 4.74 Å². The number of benzene rings is 1. The zero-order valence-electron chi connectivity index (χ0n) is 11.3. The summed E-state index contributed by atoms with van der Waals surface area (Å²) in [5.41, 5.74) is 1.47. The van der Waals surface area contributed by atoms with Gasteiger partial charge in [-0.2, -0.15) is 0 Å². The molecule has 1 aliphatic heterocycles. The van der Waals surface area contributed by atoms with E-state index in [0.29, 0.717) is 11.2 Å². The number of rotatable bonds is 4. The highest BCUT2D eigenvalue weighted by atomic mass is 16.5. The Bertz CT molecular complexity index is 386. The first-order valence-corrected chi connectivity index (χ1v) is 6.69. The summed E-state index contributed by atoms with van der Waals surface area (Å²) in [5.74, 6) is 0.332. The Morgan fingerprint density at radius 1 is 1.39 bits per heavy atom. The number of phenolic OH excluding ortho intramolecular Hbond substituents is 1. The summed E-state index contributed by atoms with van der Waals surface area (Å²) in [6.45, 7) is 7.19. The Morgan fingerprint density at radius 2 is 2.11 bits per heavy atom. The molecule has 2 N–H and O–H groups in total. The molecule has 1 aliphatic rings. The van der Waals surface area contributed by atoms with Crippen LogP contribution in [0.1, 0.15) is 38.3 Å². The van der Waals surface area contributed by atoms with Crippen molar-refractivity contribution in [1.29, 1.82) is 0 Å². The van der Waals surface area contributed by atoms with E-state index in [1.54, 1.807) is 6.07 Å². The highest BCUT2D eigenvalue weighted by Gasteiger charge is 2.27. The molecule has 1 aromatic rings. The average molecular weight is 249 g/mol. The van der Waals surface area contributed by atoms with Crippen LogP contribution in [0.3, 0.4) is 0 Å². The van der Waals surface area contributed by atoms with Crippen LogP contribution in [0.5, 0.6) is 5.75 Å². The number of ether oxygens (including phenoxy) is 1. The third-order valence-electron chi connectivity index (χ3n) is 3.91. The van der Waals surface area contributed by atoms with Crippen LogP contribution in [0.15, 0.2) is 24.3 Å². The van der Waals surface area contributed by atoms with Gasteiger partial charge < -0.3 is 15.2 Å². The molecule has 0 saturated carbocycles. The van der Waals surface area contributed by atoms with E-state index in [1.165, 1.54) is 0 Å². The molecule has 0 radical (unpaired) electrons. The lowest BCUT2D eigenvalue weighted by atomic mass is 9.82. The Labute approximate surface area is 109 Å². The molecule has 1 aromatic carbocycles. The lowest BCUT2D eigenvalue weighted by molar-refractivity contribution is 0.0231. The smallest absolute Gasteiger partial charge is 0.115 e. The van der Waals surface area contributed by atoms with E-state index in [9.17, 15) is 5.11 Å². The second kappa shape index (κ2) is 5.72. The van der Waals surface area contributed by atoms with Gasteiger partial charge in [-0.1, -0.05) is 19.1 Å². The molecule has 0 spiro atoms. The van der Waals surface area contributed by atoms with E-state index in [-0.39, 0.29) is 6.04 Å². The molecular formula is C15H23NO2. The first-order valence-electron chi connectivity index (χ1n) is 6.69. The van der Waals surface area contributed by atoms with Crippen molar-refractivity contribution in [3.8, 4) is 5.75 Å². The van der Waals surface area contributed by atoms with Gasteiger partial charge in [-0.15, -0.1) is 0 Å². The maximum absolute atomic E-state index is 9.49. The first kappa shape index (κ1) is 13.4. The molecule has 3 nitrogen and oxygen atoms in total. The van der Waals surface area contributed by atoms with E-state index in [2.05, 4.69) is 19.2 Å². The molecule has 0 aromatic heterocycles. The lowest BCUT2D eigenvalue weighted by Gasteiger charge is -2.34. The predicted octanol–water partition coefficient (Wildman–Crippen LogP) is 2.86. The van der Waals surface area contributed by atoms with Crippen LogP contribution in [0.25, 0.3) is 0 Å². The topological polar surface area (TPSA) is 41.5 Å².